The van der Waals surface area contributed by atoms with E-state index in [-0.39, 0.29) is 11.8 Å². The van der Waals surface area contributed by atoms with E-state index in [1.54, 1.807) is 0 Å². The second-order valence-electron chi connectivity index (χ2n) is 7.71. The Bertz CT molecular complexity index is 986. The summed E-state index contributed by atoms with van der Waals surface area (Å²) in [5.41, 5.74) is 5.36. The number of hydrogen-bond acceptors (Lipinski definition) is 4. The number of anilines is 2. The van der Waals surface area contributed by atoms with Gasteiger partial charge in [-0.05, 0) is 55.5 Å². The smallest absolute Gasteiger partial charge is 0.229 e. The predicted molar refractivity (Wildman–Crippen MR) is 117 cm³/mol. The lowest BCUT2D eigenvalue weighted by Gasteiger charge is -2.32. The molecule has 1 fully saturated rings. The van der Waals surface area contributed by atoms with Crippen LogP contribution in [-0.4, -0.2) is 29.0 Å². The zero-order valence-electron chi connectivity index (χ0n) is 16.9. The lowest BCUT2D eigenvalue weighted by atomic mass is 9.97. The Hall–Kier alpha value is -3.21. The molecule has 148 valence electrons. The van der Waals surface area contributed by atoms with E-state index in [1.165, 1.54) is 11.1 Å². The normalized spacial score (nSPS) is 16.5. The van der Waals surface area contributed by atoms with Crippen LogP contribution in [0.15, 0.2) is 60.9 Å². The molecule has 0 unspecified atom stereocenters. The molecule has 2 aromatic carbocycles. The molecule has 2 heterocycles. The zero-order valence-corrected chi connectivity index (χ0v) is 16.9. The minimum Gasteiger partial charge on any atom is -0.340 e. The fraction of sp³-hybridized carbons (Fsp3) is 0.292. The first-order valence-corrected chi connectivity index (χ1v) is 10.1. The molecule has 1 N–H and O–H groups in total. The van der Waals surface area contributed by atoms with Gasteiger partial charge in [-0.2, -0.15) is 0 Å². The Morgan fingerprint density at radius 2 is 1.76 bits per heavy atom. The molecule has 4 rings (SSSR count). The summed E-state index contributed by atoms with van der Waals surface area (Å²) < 4.78 is 0. The van der Waals surface area contributed by atoms with Crippen molar-refractivity contribution < 1.29 is 4.79 Å². The van der Waals surface area contributed by atoms with E-state index in [0.717, 1.165) is 36.2 Å². The number of nitrogens with zero attached hydrogens (tertiary/aromatic N) is 3. The molecule has 1 saturated heterocycles. The van der Waals surface area contributed by atoms with Crippen molar-refractivity contribution in [3.05, 3.63) is 72.1 Å². The summed E-state index contributed by atoms with van der Waals surface area (Å²) in [5.74, 6) is 0.690. The molecule has 1 atom stereocenters. The van der Waals surface area contributed by atoms with Crippen molar-refractivity contribution in [1.29, 1.82) is 0 Å². The molecule has 0 aliphatic carbocycles. The van der Waals surface area contributed by atoms with Crippen molar-refractivity contribution >= 4 is 17.5 Å². The molecule has 5 heteroatoms. The molecule has 1 aliphatic rings. The third-order valence-corrected chi connectivity index (χ3v) is 5.59. The molecule has 0 spiro atoms. The van der Waals surface area contributed by atoms with E-state index in [2.05, 4.69) is 34.0 Å². The minimum atomic E-state index is -0.0669. The standard InChI is InChI=1S/C24H26N4O/c1-17-10-11-22(13-18(17)2)27-23(29)20-9-6-12-28(16-20)24-25-14-21(15-26-24)19-7-4-3-5-8-19/h3-5,7-8,10-11,13-15,20H,6,9,12,16H2,1-2H3,(H,27,29)/t20-/m1/s1. The molecular weight excluding hydrogens is 360 g/mol. The van der Waals surface area contributed by atoms with E-state index in [0.29, 0.717) is 12.5 Å². The summed E-state index contributed by atoms with van der Waals surface area (Å²) in [6.45, 7) is 5.65. The summed E-state index contributed by atoms with van der Waals surface area (Å²) in [7, 11) is 0. The van der Waals surface area contributed by atoms with Gasteiger partial charge in [0, 0.05) is 36.7 Å². The first-order chi connectivity index (χ1) is 14.1. The number of aryl methyl sites for hydroxylation is 2. The third-order valence-electron chi connectivity index (χ3n) is 5.59. The van der Waals surface area contributed by atoms with E-state index in [1.807, 2.05) is 60.9 Å². The van der Waals surface area contributed by atoms with Crippen LogP contribution in [0.2, 0.25) is 0 Å². The van der Waals surface area contributed by atoms with Crippen LogP contribution in [0.5, 0.6) is 0 Å². The monoisotopic (exact) mass is 386 g/mol. The number of nitrogens with one attached hydrogen (secondary N) is 1. The van der Waals surface area contributed by atoms with Gasteiger partial charge in [0.2, 0.25) is 11.9 Å². The van der Waals surface area contributed by atoms with Crippen molar-refractivity contribution in [2.24, 2.45) is 5.92 Å². The van der Waals surface area contributed by atoms with E-state index in [9.17, 15) is 4.79 Å². The van der Waals surface area contributed by atoms with Crippen LogP contribution >= 0.6 is 0 Å². The summed E-state index contributed by atoms with van der Waals surface area (Å²) in [6.07, 6.45) is 5.55. The summed E-state index contributed by atoms with van der Waals surface area (Å²) >= 11 is 0. The second-order valence-corrected chi connectivity index (χ2v) is 7.71. The Labute approximate surface area is 171 Å². The Balaban J connectivity index is 1.42. The maximum Gasteiger partial charge on any atom is 0.229 e. The lowest BCUT2D eigenvalue weighted by Crippen LogP contribution is -2.41. The number of carbonyl (C=O) groups excluding carboxylic acids is 1. The van der Waals surface area contributed by atoms with Crippen molar-refractivity contribution in [3.63, 3.8) is 0 Å². The molecule has 1 aromatic heterocycles. The van der Waals surface area contributed by atoms with Gasteiger partial charge in [0.05, 0.1) is 5.92 Å². The number of carbonyl (C=O) groups is 1. The molecule has 29 heavy (non-hydrogen) atoms. The average molecular weight is 386 g/mol. The summed E-state index contributed by atoms with van der Waals surface area (Å²) in [6, 6.07) is 16.1. The van der Waals surface area contributed by atoms with Crippen molar-refractivity contribution in [1.82, 2.24) is 9.97 Å². The summed E-state index contributed by atoms with van der Waals surface area (Å²) in [5, 5.41) is 3.08. The number of hydrogen-bond donors (Lipinski definition) is 1. The third kappa shape index (κ3) is 4.45. The van der Waals surface area contributed by atoms with Gasteiger partial charge in [0.25, 0.3) is 0 Å². The van der Waals surface area contributed by atoms with E-state index in [4.69, 9.17) is 0 Å². The Morgan fingerprint density at radius 1 is 1.00 bits per heavy atom. The van der Waals surface area contributed by atoms with Gasteiger partial charge < -0.3 is 10.2 Å². The molecule has 3 aromatic rings. The number of piperidine rings is 1. The molecule has 0 bridgehead atoms. The van der Waals surface area contributed by atoms with Crippen molar-refractivity contribution in [3.8, 4) is 11.1 Å². The van der Waals surface area contributed by atoms with Crippen LogP contribution in [0, 0.1) is 19.8 Å². The van der Waals surface area contributed by atoms with Crippen LogP contribution in [0.3, 0.4) is 0 Å². The molecule has 0 radical (unpaired) electrons. The highest BCUT2D eigenvalue weighted by Gasteiger charge is 2.27. The molecule has 5 nitrogen and oxygen atoms in total. The van der Waals surface area contributed by atoms with Gasteiger partial charge in [-0.3, -0.25) is 4.79 Å². The topological polar surface area (TPSA) is 58.1 Å². The first-order valence-electron chi connectivity index (χ1n) is 10.1. The van der Waals surface area contributed by atoms with Gasteiger partial charge in [0.1, 0.15) is 0 Å². The van der Waals surface area contributed by atoms with Crippen LogP contribution < -0.4 is 10.2 Å². The highest BCUT2D eigenvalue weighted by atomic mass is 16.1. The SMILES string of the molecule is Cc1ccc(NC(=O)[C@@H]2CCCN(c3ncc(-c4ccccc4)cn3)C2)cc1C. The molecular formula is C24H26N4O. The molecule has 1 aliphatic heterocycles. The quantitative estimate of drug-likeness (QED) is 0.711. The van der Waals surface area contributed by atoms with Crippen molar-refractivity contribution in [2.45, 2.75) is 26.7 Å². The lowest BCUT2D eigenvalue weighted by molar-refractivity contribution is -0.120. The Morgan fingerprint density at radius 3 is 2.48 bits per heavy atom. The number of benzene rings is 2. The zero-order chi connectivity index (χ0) is 20.2. The van der Waals surface area contributed by atoms with E-state index < -0.39 is 0 Å². The van der Waals surface area contributed by atoms with Gasteiger partial charge in [0.15, 0.2) is 0 Å². The summed E-state index contributed by atoms with van der Waals surface area (Å²) in [4.78, 5) is 24.0. The number of aromatic nitrogens is 2. The second kappa shape index (κ2) is 8.43. The molecule has 1 amide bonds. The fourth-order valence-corrected chi connectivity index (χ4v) is 3.70. The first kappa shape index (κ1) is 19.1. The predicted octanol–water partition coefficient (Wildman–Crippen LogP) is 4.62. The number of amides is 1. The van der Waals surface area contributed by atoms with E-state index >= 15 is 0 Å². The maximum atomic E-state index is 12.8. The van der Waals surface area contributed by atoms with Crippen LogP contribution in [0.4, 0.5) is 11.6 Å². The molecule has 0 saturated carbocycles. The highest BCUT2D eigenvalue weighted by Crippen LogP contribution is 2.24. The van der Waals surface area contributed by atoms with Crippen LogP contribution in [-0.2, 0) is 4.79 Å². The minimum absolute atomic E-state index is 0.0669. The Kier molecular flexibility index (Phi) is 5.56. The van der Waals surface area contributed by atoms with Gasteiger partial charge in [-0.1, -0.05) is 36.4 Å². The van der Waals surface area contributed by atoms with Gasteiger partial charge >= 0.3 is 0 Å². The highest BCUT2D eigenvalue weighted by molar-refractivity contribution is 5.93. The van der Waals surface area contributed by atoms with Gasteiger partial charge in [-0.15, -0.1) is 0 Å². The largest absolute Gasteiger partial charge is 0.340 e. The van der Waals surface area contributed by atoms with Crippen LogP contribution in [0.25, 0.3) is 11.1 Å². The number of rotatable bonds is 4. The maximum absolute atomic E-state index is 12.8. The average Bonchev–Trinajstić information content (AvgIpc) is 2.77. The van der Waals surface area contributed by atoms with Crippen LogP contribution in [0.1, 0.15) is 24.0 Å². The fourth-order valence-electron chi connectivity index (χ4n) is 3.70. The van der Waals surface area contributed by atoms with Crippen molar-refractivity contribution in [2.75, 3.05) is 23.3 Å². The van der Waals surface area contributed by atoms with Gasteiger partial charge in [-0.25, -0.2) is 9.97 Å².